The summed E-state index contributed by atoms with van der Waals surface area (Å²) in [5, 5.41) is 120. The summed E-state index contributed by atoms with van der Waals surface area (Å²) in [5.74, 6) is -3.82. The molecule has 23 nitrogen and oxygen atoms in total. The molecule has 0 aromatic rings. The minimum Gasteiger partial charge on any atom is -0.479 e. The molecule has 4 heterocycles. The Morgan fingerprint density at radius 1 is 0.756 bits per heavy atom. The third-order valence-electron chi connectivity index (χ3n) is 21.3. The van der Waals surface area contributed by atoms with E-state index in [0.717, 1.165) is 0 Å². The number of aliphatic hydroxyl groups excluding tert-OH is 10. The van der Waals surface area contributed by atoms with Crippen LogP contribution >= 0.6 is 0 Å². The molecule has 9 rings (SSSR count). The molecule has 0 aromatic heterocycles. The maximum atomic E-state index is 13.6. The Balaban J connectivity index is 0.00000803. The van der Waals surface area contributed by atoms with E-state index in [1.54, 1.807) is 13.8 Å². The minimum absolute atomic E-state index is 0. The molecule has 4 saturated heterocycles. The molecule has 2 bridgehead atoms. The van der Waals surface area contributed by atoms with Gasteiger partial charge in [0.1, 0.15) is 73.8 Å². The average Bonchev–Trinajstić information content (AvgIpc) is 3.34. The van der Waals surface area contributed by atoms with E-state index in [4.69, 9.17) is 42.6 Å². The first-order valence-electron chi connectivity index (χ1n) is 27.4. The van der Waals surface area contributed by atoms with Crippen LogP contribution in [-0.2, 0) is 57.0 Å². The van der Waals surface area contributed by atoms with Crippen molar-refractivity contribution in [1.82, 2.24) is 0 Å². The van der Waals surface area contributed by atoms with Crippen LogP contribution in [0.3, 0.4) is 0 Å². The molecule has 5 aliphatic carbocycles. The second-order valence-electron chi connectivity index (χ2n) is 25.8. The predicted molar refractivity (Wildman–Crippen MR) is 261 cm³/mol. The third kappa shape index (κ3) is 9.81. The Morgan fingerprint density at radius 2 is 1.42 bits per heavy atom. The summed E-state index contributed by atoms with van der Waals surface area (Å²) in [6, 6.07) is 0. The number of carboxylic acid groups (broad SMARTS) is 1. The number of esters is 2. The van der Waals surface area contributed by atoms with Crippen LogP contribution in [0.5, 0.6) is 0 Å². The number of aliphatic carboxylic acids is 1. The molecule has 438 valence electrons. The molecule has 4 saturated carbocycles. The monoisotopic (exact) mass is 1120 g/mol. The molecule has 28 unspecified atom stereocenters. The zero-order valence-corrected chi connectivity index (χ0v) is 48.5. The SMILES string of the molecule is CC(=O)OC(C)C(C)C(=O)OCC12C3CC4(C)C(=CCC5C6(C)CCC(OC7OC(C(=O)O)C(OC8OC(CO)C(O)C(O)C8O)C(O)C7OC7OCC(O)C(O)C7O)C(C)(CO)C6CCC54C)C1CC(C)(C)C(O3)C2O.[Na+]. The summed E-state index contributed by atoms with van der Waals surface area (Å²) >= 11 is 0. The molecule has 0 amide bonds. The molecule has 11 N–H and O–H groups in total. The zero-order chi connectivity index (χ0) is 56.4. The van der Waals surface area contributed by atoms with Gasteiger partial charge >= 0.3 is 47.5 Å². The summed E-state index contributed by atoms with van der Waals surface area (Å²) in [6.07, 6.45) is -22.8. The fourth-order valence-corrected chi connectivity index (χ4v) is 16.5. The van der Waals surface area contributed by atoms with Crippen molar-refractivity contribution in [2.75, 3.05) is 26.4 Å². The topological polar surface area (TPSA) is 357 Å². The van der Waals surface area contributed by atoms with Crippen molar-refractivity contribution in [2.24, 2.45) is 56.2 Å². The first-order chi connectivity index (χ1) is 36.0. The number of carbonyl (C=O) groups excluding carboxylic acids is 2. The van der Waals surface area contributed by atoms with Gasteiger partial charge < -0.3 is 98.8 Å². The molecule has 28 atom stereocenters. The van der Waals surface area contributed by atoms with E-state index >= 15 is 0 Å². The number of allylic oxidation sites excluding steroid dienone is 2. The van der Waals surface area contributed by atoms with E-state index in [1.807, 2.05) is 6.92 Å². The van der Waals surface area contributed by atoms with Crippen molar-refractivity contribution in [3.05, 3.63) is 11.6 Å². The van der Waals surface area contributed by atoms with E-state index in [9.17, 15) is 70.6 Å². The fraction of sp³-hybridized carbons (Fsp3) is 0.907. The maximum Gasteiger partial charge on any atom is 1.00 e. The first kappa shape index (κ1) is 62.5. The van der Waals surface area contributed by atoms with Crippen LogP contribution in [0.1, 0.15) is 107 Å². The van der Waals surface area contributed by atoms with Gasteiger partial charge in [0.15, 0.2) is 25.0 Å². The molecule has 0 aromatic carbocycles. The van der Waals surface area contributed by atoms with E-state index in [0.29, 0.717) is 44.9 Å². The zero-order valence-electron chi connectivity index (χ0n) is 46.5. The smallest absolute Gasteiger partial charge is 0.479 e. The maximum absolute atomic E-state index is 13.6. The van der Waals surface area contributed by atoms with E-state index in [-0.39, 0.29) is 65.9 Å². The summed E-state index contributed by atoms with van der Waals surface area (Å²) in [7, 11) is 0. The average molecular weight is 1120 g/mol. The molecule has 78 heavy (non-hydrogen) atoms. The minimum atomic E-state index is -2.09. The van der Waals surface area contributed by atoms with Crippen LogP contribution in [0.2, 0.25) is 0 Å². The van der Waals surface area contributed by atoms with Gasteiger partial charge in [-0.2, -0.15) is 0 Å². The van der Waals surface area contributed by atoms with Crippen LogP contribution in [0, 0.1) is 56.2 Å². The molecule has 24 heteroatoms. The van der Waals surface area contributed by atoms with Crippen LogP contribution in [0.15, 0.2) is 11.6 Å². The van der Waals surface area contributed by atoms with Crippen molar-refractivity contribution in [2.45, 2.75) is 224 Å². The van der Waals surface area contributed by atoms with Crippen LogP contribution < -0.4 is 29.6 Å². The summed E-state index contributed by atoms with van der Waals surface area (Å²) in [4.78, 5) is 38.4. The number of rotatable bonds is 14. The quantitative estimate of drug-likeness (QED) is 0.0347. The van der Waals surface area contributed by atoms with Crippen molar-refractivity contribution in [3.63, 3.8) is 0 Å². The van der Waals surface area contributed by atoms with Crippen LogP contribution in [0.4, 0.5) is 0 Å². The largest absolute Gasteiger partial charge is 1.00 e. The Hall–Kier alpha value is -1.53. The Labute approximate surface area is 476 Å². The van der Waals surface area contributed by atoms with E-state index in [2.05, 4.69) is 40.7 Å². The Morgan fingerprint density at radius 3 is 2.06 bits per heavy atom. The molecule has 8 fully saturated rings. The normalized spacial score (nSPS) is 51.0. The predicted octanol–water partition coefficient (Wildman–Crippen LogP) is -3.58. The van der Waals surface area contributed by atoms with Crippen molar-refractivity contribution in [1.29, 1.82) is 0 Å². The first-order valence-corrected chi connectivity index (χ1v) is 27.4. The number of carboxylic acids is 1. The van der Waals surface area contributed by atoms with Gasteiger partial charge in [0.2, 0.25) is 0 Å². The van der Waals surface area contributed by atoms with Gasteiger partial charge in [-0.25, -0.2) is 4.79 Å². The van der Waals surface area contributed by atoms with Crippen molar-refractivity contribution in [3.8, 4) is 0 Å². The Kier molecular flexibility index (Phi) is 18.0. The number of hydrogen-bond donors (Lipinski definition) is 11. The molecular formula is C54H84NaO23+. The molecule has 0 radical (unpaired) electrons. The van der Waals surface area contributed by atoms with Gasteiger partial charge in [-0.15, -0.1) is 0 Å². The summed E-state index contributed by atoms with van der Waals surface area (Å²) < 4.78 is 54.3. The number of ether oxygens (including phenoxy) is 9. The van der Waals surface area contributed by atoms with Gasteiger partial charge in [-0.3, -0.25) is 9.59 Å². The third-order valence-corrected chi connectivity index (χ3v) is 21.3. The van der Waals surface area contributed by atoms with E-state index in [1.165, 1.54) is 12.5 Å². The Bertz CT molecular complexity index is 2240. The molecular weight excluding hydrogens is 1040 g/mol. The van der Waals surface area contributed by atoms with Gasteiger partial charge in [-0.1, -0.05) is 53.2 Å². The number of hydrogen-bond acceptors (Lipinski definition) is 22. The fourth-order valence-electron chi connectivity index (χ4n) is 16.5. The van der Waals surface area contributed by atoms with Crippen molar-refractivity contribution < 1.29 is 143 Å². The molecule has 0 spiro atoms. The van der Waals surface area contributed by atoms with E-state index < -0.39 is 181 Å². The molecule has 4 aliphatic heterocycles. The summed E-state index contributed by atoms with van der Waals surface area (Å²) in [6.45, 7) is 15.8. The van der Waals surface area contributed by atoms with Gasteiger partial charge in [-0.05, 0) is 98.2 Å². The second-order valence-corrected chi connectivity index (χ2v) is 25.8. The standard InChI is InChI=1S/C54H84O23.Na/c1-22(23(2)71-24(3)57)45(68)70-21-54-26-16-49(4,5)43(42(54)65)73-32(54)17-53(9)25(26)10-11-30-50(6)14-13-31(51(7,20-56)29(50)12-15-52(30,53)8)74-48-40(76-46-36(62)33(59)27(58)19-69-46)38(64)39(41(77-48)44(66)67)75-47-37(63)35(61)34(60)28(18-55)72-47;/h10,22-23,26-43,46-48,55-56,58-65H,11-21H2,1-9H3,(H,66,67);/q;+1. The van der Waals surface area contributed by atoms with Gasteiger partial charge in [0.05, 0.1) is 55.6 Å². The number of aliphatic hydroxyl groups is 10. The van der Waals surface area contributed by atoms with Gasteiger partial charge in [0, 0.05) is 12.3 Å². The summed E-state index contributed by atoms with van der Waals surface area (Å²) in [5.41, 5.74) is -2.40. The number of carbonyl (C=O) groups is 3. The number of fused-ring (bicyclic) bond motifs is 7. The van der Waals surface area contributed by atoms with Crippen LogP contribution in [0.25, 0.3) is 0 Å². The van der Waals surface area contributed by atoms with Crippen molar-refractivity contribution >= 4 is 17.9 Å². The molecule has 9 aliphatic rings. The second kappa shape index (κ2) is 22.5. The van der Waals surface area contributed by atoms with Gasteiger partial charge in [0.25, 0.3) is 0 Å². The van der Waals surface area contributed by atoms with Crippen LogP contribution in [-0.4, -0.2) is 217 Å².